The van der Waals surface area contributed by atoms with Gasteiger partial charge in [-0.3, -0.25) is 4.79 Å². The average Bonchev–Trinajstić information content (AvgIpc) is 2.98. The van der Waals surface area contributed by atoms with E-state index in [0.29, 0.717) is 34.9 Å². The Morgan fingerprint density at radius 2 is 2.00 bits per heavy atom. The summed E-state index contributed by atoms with van der Waals surface area (Å²) >= 11 is 6.01. The van der Waals surface area contributed by atoms with Gasteiger partial charge in [0.25, 0.3) is 0 Å². The van der Waals surface area contributed by atoms with E-state index in [1.54, 1.807) is 12.1 Å². The van der Waals surface area contributed by atoms with E-state index in [1.165, 1.54) is 6.07 Å². The van der Waals surface area contributed by atoms with Crippen molar-refractivity contribution < 1.29 is 18.7 Å². The number of carbonyl (C=O) groups excluding carboxylic acids is 1. The van der Waals surface area contributed by atoms with Gasteiger partial charge in [0, 0.05) is 23.6 Å². The standard InChI is InChI=1S/C19H14ClF2N3O2/c20-10-4-5-15-14(8-10)23-19-11(16(26)6-7-25(15)19)9-17(27)24-18-12(21)2-1-3-13(18)22/h1-5,8,26H,6-7,9H2,(H,24,27). The number of fused-ring (bicyclic) bond motifs is 3. The molecule has 0 saturated carbocycles. The lowest BCUT2D eigenvalue weighted by Crippen LogP contribution is -2.19. The molecule has 1 amide bonds. The first-order valence-electron chi connectivity index (χ1n) is 8.25. The number of nitrogens with zero attached hydrogens (tertiary/aromatic N) is 2. The second-order valence-electron chi connectivity index (χ2n) is 6.22. The number of halogens is 3. The summed E-state index contributed by atoms with van der Waals surface area (Å²) in [6.07, 6.45) is 0.0639. The zero-order valence-electron chi connectivity index (χ0n) is 14.0. The molecular weight excluding hydrogens is 376 g/mol. The number of hydrogen-bond donors (Lipinski definition) is 2. The van der Waals surface area contributed by atoms with Crippen LogP contribution in [0.5, 0.6) is 0 Å². The number of nitrogens with one attached hydrogen (secondary N) is 1. The molecule has 27 heavy (non-hydrogen) atoms. The third-order valence-electron chi connectivity index (χ3n) is 4.47. The van der Waals surface area contributed by atoms with E-state index in [1.807, 2.05) is 10.6 Å². The summed E-state index contributed by atoms with van der Waals surface area (Å²) < 4.78 is 29.4. The van der Waals surface area contributed by atoms with Crippen LogP contribution >= 0.6 is 11.6 Å². The molecule has 0 aliphatic carbocycles. The topological polar surface area (TPSA) is 67.1 Å². The number of imidazole rings is 1. The maximum Gasteiger partial charge on any atom is 0.229 e. The van der Waals surface area contributed by atoms with Gasteiger partial charge in [-0.05, 0) is 30.3 Å². The lowest BCUT2D eigenvalue weighted by Gasteiger charge is -2.19. The number of rotatable bonds is 3. The molecule has 0 bridgehead atoms. The minimum Gasteiger partial charge on any atom is -0.512 e. The predicted molar refractivity (Wildman–Crippen MR) is 98.5 cm³/mol. The van der Waals surface area contributed by atoms with Gasteiger partial charge in [0.15, 0.2) is 0 Å². The molecule has 0 saturated heterocycles. The first-order valence-corrected chi connectivity index (χ1v) is 8.63. The van der Waals surface area contributed by atoms with Crippen molar-refractivity contribution in [1.29, 1.82) is 0 Å². The monoisotopic (exact) mass is 389 g/mol. The van der Waals surface area contributed by atoms with Gasteiger partial charge in [-0.1, -0.05) is 17.7 Å². The SMILES string of the molecule is O=C(CC1=C(O)CCn2c1nc1cc(Cl)ccc12)Nc1c(F)cccc1F. The average molecular weight is 390 g/mol. The molecule has 138 valence electrons. The fraction of sp³-hybridized carbons (Fsp3) is 0.158. The number of hydrogen-bond acceptors (Lipinski definition) is 3. The van der Waals surface area contributed by atoms with Gasteiger partial charge in [-0.15, -0.1) is 0 Å². The Labute approximate surface area is 157 Å². The van der Waals surface area contributed by atoms with Gasteiger partial charge in [0.1, 0.15) is 28.9 Å². The van der Waals surface area contributed by atoms with Crippen LogP contribution in [0.25, 0.3) is 16.6 Å². The van der Waals surface area contributed by atoms with Crippen molar-refractivity contribution in [2.45, 2.75) is 19.4 Å². The number of aromatic nitrogens is 2. The second kappa shape index (κ2) is 6.66. The number of carbonyl (C=O) groups is 1. The van der Waals surface area contributed by atoms with Crippen LogP contribution in [-0.2, 0) is 11.3 Å². The minimum atomic E-state index is -0.868. The van der Waals surface area contributed by atoms with E-state index < -0.39 is 23.2 Å². The Morgan fingerprint density at radius 3 is 2.74 bits per heavy atom. The zero-order chi connectivity index (χ0) is 19.1. The van der Waals surface area contributed by atoms with Crippen LogP contribution < -0.4 is 5.32 Å². The van der Waals surface area contributed by atoms with Crippen LogP contribution in [-0.4, -0.2) is 20.6 Å². The van der Waals surface area contributed by atoms with Gasteiger partial charge < -0.3 is 15.0 Å². The summed E-state index contributed by atoms with van der Waals surface area (Å²) in [5.74, 6) is -1.91. The third kappa shape index (κ3) is 3.14. The van der Waals surface area contributed by atoms with Crippen LogP contribution in [0.15, 0.2) is 42.2 Å². The molecule has 1 aromatic heterocycles. The number of aliphatic hydroxyl groups is 1. The lowest BCUT2D eigenvalue weighted by atomic mass is 10.0. The van der Waals surface area contributed by atoms with E-state index >= 15 is 0 Å². The molecule has 1 aliphatic rings. The van der Waals surface area contributed by atoms with Crippen molar-refractivity contribution in [3.05, 3.63) is 64.6 Å². The summed E-state index contributed by atoms with van der Waals surface area (Å²) in [5.41, 5.74) is 1.28. The molecule has 1 aliphatic heterocycles. The molecule has 5 nitrogen and oxygen atoms in total. The molecule has 0 spiro atoms. The molecule has 2 aromatic carbocycles. The molecule has 2 heterocycles. The van der Waals surface area contributed by atoms with Gasteiger partial charge in [-0.25, -0.2) is 13.8 Å². The summed E-state index contributed by atoms with van der Waals surface area (Å²) in [7, 11) is 0. The van der Waals surface area contributed by atoms with Crippen LogP contribution in [0.4, 0.5) is 14.5 Å². The fourth-order valence-electron chi connectivity index (χ4n) is 3.20. The Hall–Kier alpha value is -2.93. The highest BCUT2D eigenvalue weighted by Gasteiger charge is 2.25. The van der Waals surface area contributed by atoms with E-state index in [0.717, 1.165) is 17.6 Å². The van der Waals surface area contributed by atoms with Crippen LogP contribution in [0.3, 0.4) is 0 Å². The molecule has 0 unspecified atom stereocenters. The minimum absolute atomic E-state index is 0.0352. The predicted octanol–water partition coefficient (Wildman–Crippen LogP) is 4.67. The van der Waals surface area contributed by atoms with E-state index in [2.05, 4.69) is 10.3 Å². The summed E-state index contributed by atoms with van der Waals surface area (Å²) in [5, 5.41) is 13.0. The number of aryl methyl sites for hydroxylation is 1. The Balaban J connectivity index is 1.66. The Morgan fingerprint density at radius 1 is 1.26 bits per heavy atom. The van der Waals surface area contributed by atoms with Crippen LogP contribution in [0.1, 0.15) is 18.7 Å². The van der Waals surface area contributed by atoms with Crippen molar-refractivity contribution in [2.24, 2.45) is 0 Å². The second-order valence-corrected chi connectivity index (χ2v) is 6.65. The molecule has 0 atom stereocenters. The number of amides is 1. The third-order valence-corrected chi connectivity index (χ3v) is 4.70. The Kier molecular flexibility index (Phi) is 4.31. The number of aliphatic hydroxyl groups excluding tert-OH is 1. The van der Waals surface area contributed by atoms with Gasteiger partial charge in [-0.2, -0.15) is 0 Å². The molecule has 0 radical (unpaired) electrons. The quantitative estimate of drug-likeness (QED) is 0.684. The normalized spacial score (nSPS) is 13.7. The molecule has 8 heteroatoms. The molecule has 0 fully saturated rings. The first-order chi connectivity index (χ1) is 12.9. The van der Waals surface area contributed by atoms with Crippen molar-refractivity contribution in [3.8, 4) is 0 Å². The van der Waals surface area contributed by atoms with Crippen molar-refractivity contribution in [2.75, 3.05) is 5.32 Å². The molecule has 3 aromatic rings. The van der Waals surface area contributed by atoms with E-state index in [4.69, 9.17) is 11.6 Å². The van der Waals surface area contributed by atoms with Crippen LogP contribution in [0, 0.1) is 11.6 Å². The van der Waals surface area contributed by atoms with Crippen molar-refractivity contribution >= 4 is 39.8 Å². The maximum atomic E-state index is 13.7. The highest BCUT2D eigenvalue weighted by atomic mass is 35.5. The van der Waals surface area contributed by atoms with E-state index in [-0.39, 0.29) is 12.2 Å². The largest absolute Gasteiger partial charge is 0.512 e. The molecule has 4 rings (SSSR count). The number of benzene rings is 2. The van der Waals surface area contributed by atoms with Gasteiger partial charge in [0.2, 0.25) is 5.91 Å². The molecule has 2 N–H and O–H groups in total. The zero-order valence-corrected chi connectivity index (χ0v) is 14.7. The summed E-state index contributed by atoms with van der Waals surface area (Å²) in [6, 6.07) is 8.58. The highest BCUT2D eigenvalue weighted by Crippen LogP contribution is 2.32. The summed E-state index contributed by atoms with van der Waals surface area (Å²) in [6.45, 7) is 0.506. The maximum absolute atomic E-state index is 13.7. The number of allylic oxidation sites excluding steroid dienone is 1. The van der Waals surface area contributed by atoms with Gasteiger partial charge >= 0.3 is 0 Å². The summed E-state index contributed by atoms with van der Waals surface area (Å²) in [4.78, 5) is 16.8. The van der Waals surface area contributed by atoms with E-state index in [9.17, 15) is 18.7 Å². The van der Waals surface area contributed by atoms with Crippen LogP contribution in [0.2, 0.25) is 5.02 Å². The lowest BCUT2D eigenvalue weighted by molar-refractivity contribution is -0.115. The molecular formula is C19H14ClF2N3O2. The smallest absolute Gasteiger partial charge is 0.229 e. The fourth-order valence-corrected chi connectivity index (χ4v) is 3.37. The number of para-hydroxylation sites is 1. The van der Waals surface area contributed by atoms with Gasteiger partial charge in [0.05, 0.1) is 17.5 Å². The Bertz CT molecular complexity index is 1090. The first kappa shape index (κ1) is 17.5. The highest BCUT2D eigenvalue weighted by molar-refractivity contribution is 6.31. The van der Waals surface area contributed by atoms with Crippen molar-refractivity contribution in [3.63, 3.8) is 0 Å². The number of anilines is 1. The van der Waals surface area contributed by atoms with Crippen molar-refractivity contribution in [1.82, 2.24) is 9.55 Å².